The molecular weight excluding hydrogens is 300 g/mol. The minimum Gasteiger partial charge on any atom is -0.385 e. The lowest BCUT2D eigenvalue weighted by Crippen LogP contribution is -2.32. The third-order valence-electron chi connectivity index (χ3n) is 3.56. The molecule has 0 atom stereocenters. The number of carbonyl (C=O) groups excluding carboxylic acids is 1. The van der Waals surface area contributed by atoms with Gasteiger partial charge in [0.15, 0.2) is 0 Å². The average molecular weight is 321 g/mol. The summed E-state index contributed by atoms with van der Waals surface area (Å²) in [7, 11) is 3.65. The maximum Gasteiger partial charge on any atom is 0.254 e. The third-order valence-corrected chi connectivity index (χ3v) is 3.81. The maximum absolute atomic E-state index is 12.7. The Morgan fingerprint density at radius 2 is 2.00 bits per heavy atom. The lowest BCUT2D eigenvalue weighted by atomic mass is 10.2. The lowest BCUT2D eigenvalue weighted by molar-refractivity contribution is 0.0720. The molecule has 0 aliphatic rings. The molecule has 0 N–H and O–H groups in total. The molecule has 5 heteroatoms. The van der Waals surface area contributed by atoms with Gasteiger partial charge in [-0.1, -0.05) is 11.6 Å². The molecule has 4 nitrogen and oxygen atoms in total. The number of hydrogen-bond acceptors (Lipinski definition) is 2. The standard InChI is InChI=1S/C17H21ClN2O2/c1-19-10-3-5-16(19)13-20(11-4-12-22-2)17(21)14-6-8-15(18)9-7-14/h3,5-10H,4,11-13H2,1-2H3. The Morgan fingerprint density at radius 1 is 1.27 bits per heavy atom. The molecule has 2 rings (SSSR count). The van der Waals surface area contributed by atoms with Gasteiger partial charge in [0.2, 0.25) is 0 Å². The Labute approximate surface area is 136 Å². The summed E-state index contributed by atoms with van der Waals surface area (Å²) in [6.07, 6.45) is 2.79. The zero-order chi connectivity index (χ0) is 15.9. The zero-order valence-electron chi connectivity index (χ0n) is 13.0. The first-order valence-electron chi connectivity index (χ1n) is 7.26. The first-order chi connectivity index (χ1) is 10.6. The van der Waals surface area contributed by atoms with Crippen LogP contribution in [0.2, 0.25) is 5.02 Å². The highest BCUT2D eigenvalue weighted by Gasteiger charge is 2.16. The highest BCUT2D eigenvalue weighted by atomic mass is 35.5. The Kier molecular flexibility index (Phi) is 6.04. The molecule has 0 spiro atoms. The SMILES string of the molecule is COCCCN(Cc1cccn1C)C(=O)c1ccc(Cl)cc1. The van der Waals surface area contributed by atoms with Crippen LogP contribution >= 0.6 is 11.6 Å². The monoisotopic (exact) mass is 320 g/mol. The van der Waals surface area contributed by atoms with Crippen LogP contribution in [0.5, 0.6) is 0 Å². The molecule has 0 saturated carbocycles. The molecule has 0 radical (unpaired) electrons. The van der Waals surface area contributed by atoms with Crippen molar-refractivity contribution in [3.05, 3.63) is 58.9 Å². The molecule has 22 heavy (non-hydrogen) atoms. The predicted octanol–water partition coefficient (Wildman–Crippen LogP) is 3.36. The maximum atomic E-state index is 12.7. The predicted molar refractivity (Wildman–Crippen MR) is 88.1 cm³/mol. The topological polar surface area (TPSA) is 34.5 Å². The van der Waals surface area contributed by atoms with Crippen LogP contribution < -0.4 is 0 Å². The Balaban J connectivity index is 2.13. The second kappa shape index (κ2) is 8.01. The molecular formula is C17H21ClN2O2. The Bertz CT molecular complexity index is 607. The number of benzene rings is 1. The van der Waals surface area contributed by atoms with Crippen molar-refractivity contribution in [2.45, 2.75) is 13.0 Å². The van der Waals surface area contributed by atoms with Gasteiger partial charge >= 0.3 is 0 Å². The summed E-state index contributed by atoms with van der Waals surface area (Å²) in [4.78, 5) is 14.6. The van der Waals surface area contributed by atoms with Crippen molar-refractivity contribution in [1.29, 1.82) is 0 Å². The fourth-order valence-corrected chi connectivity index (χ4v) is 2.41. The number of carbonyl (C=O) groups is 1. The van der Waals surface area contributed by atoms with E-state index in [-0.39, 0.29) is 5.91 Å². The van der Waals surface area contributed by atoms with E-state index in [0.717, 1.165) is 12.1 Å². The molecule has 1 aromatic carbocycles. The van der Waals surface area contributed by atoms with E-state index >= 15 is 0 Å². The van der Waals surface area contributed by atoms with Crippen molar-refractivity contribution in [2.75, 3.05) is 20.3 Å². The summed E-state index contributed by atoms with van der Waals surface area (Å²) >= 11 is 5.89. The number of methoxy groups -OCH3 is 1. The number of amides is 1. The van der Waals surface area contributed by atoms with Crippen molar-refractivity contribution in [1.82, 2.24) is 9.47 Å². The van der Waals surface area contributed by atoms with Gasteiger partial charge in [-0.3, -0.25) is 4.79 Å². The second-order valence-electron chi connectivity index (χ2n) is 5.19. The van der Waals surface area contributed by atoms with E-state index in [1.807, 2.05) is 34.8 Å². The van der Waals surface area contributed by atoms with Crippen molar-refractivity contribution in [3.63, 3.8) is 0 Å². The van der Waals surface area contributed by atoms with Crippen LogP contribution in [0.3, 0.4) is 0 Å². The van der Waals surface area contributed by atoms with Crippen LogP contribution in [0.15, 0.2) is 42.6 Å². The van der Waals surface area contributed by atoms with E-state index in [0.29, 0.717) is 30.3 Å². The van der Waals surface area contributed by atoms with Crippen LogP contribution in [0.4, 0.5) is 0 Å². The minimum absolute atomic E-state index is 0.00831. The van der Waals surface area contributed by atoms with Crippen LogP contribution in [0.1, 0.15) is 22.5 Å². The normalized spacial score (nSPS) is 10.7. The molecule has 1 amide bonds. The first-order valence-corrected chi connectivity index (χ1v) is 7.63. The van der Waals surface area contributed by atoms with Crippen LogP contribution in [-0.2, 0) is 18.3 Å². The molecule has 0 fully saturated rings. The van der Waals surface area contributed by atoms with Crippen LogP contribution in [0.25, 0.3) is 0 Å². The highest BCUT2D eigenvalue weighted by molar-refractivity contribution is 6.30. The molecule has 0 bridgehead atoms. The highest BCUT2D eigenvalue weighted by Crippen LogP contribution is 2.14. The summed E-state index contributed by atoms with van der Waals surface area (Å²) in [6.45, 7) is 1.87. The minimum atomic E-state index is 0.00831. The van der Waals surface area contributed by atoms with Gasteiger partial charge in [0.25, 0.3) is 5.91 Å². The van der Waals surface area contributed by atoms with Crippen molar-refractivity contribution < 1.29 is 9.53 Å². The number of halogens is 1. The van der Waals surface area contributed by atoms with E-state index in [2.05, 4.69) is 0 Å². The number of hydrogen-bond donors (Lipinski definition) is 0. The fourth-order valence-electron chi connectivity index (χ4n) is 2.28. The molecule has 0 unspecified atom stereocenters. The van der Waals surface area contributed by atoms with Gasteiger partial charge in [0, 0.05) is 49.8 Å². The quantitative estimate of drug-likeness (QED) is 0.733. The number of rotatable bonds is 7. The Morgan fingerprint density at radius 3 is 2.59 bits per heavy atom. The summed E-state index contributed by atoms with van der Waals surface area (Å²) in [5, 5.41) is 0.630. The van der Waals surface area contributed by atoms with Crippen molar-refractivity contribution in [2.24, 2.45) is 7.05 Å². The number of aryl methyl sites for hydroxylation is 1. The van der Waals surface area contributed by atoms with Gasteiger partial charge in [-0.15, -0.1) is 0 Å². The van der Waals surface area contributed by atoms with Crippen molar-refractivity contribution in [3.8, 4) is 0 Å². The largest absolute Gasteiger partial charge is 0.385 e. The summed E-state index contributed by atoms with van der Waals surface area (Å²) < 4.78 is 7.12. The summed E-state index contributed by atoms with van der Waals surface area (Å²) in [5.74, 6) is 0.00831. The second-order valence-corrected chi connectivity index (χ2v) is 5.63. The number of nitrogens with zero attached hydrogens (tertiary/aromatic N) is 2. The van der Waals surface area contributed by atoms with E-state index in [1.54, 1.807) is 31.4 Å². The van der Waals surface area contributed by atoms with E-state index in [1.165, 1.54) is 0 Å². The molecule has 2 aromatic rings. The number of aromatic nitrogens is 1. The lowest BCUT2D eigenvalue weighted by Gasteiger charge is -2.23. The van der Waals surface area contributed by atoms with Gasteiger partial charge in [-0.2, -0.15) is 0 Å². The van der Waals surface area contributed by atoms with Gasteiger partial charge in [0.05, 0.1) is 6.54 Å². The molecule has 118 valence electrons. The Hall–Kier alpha value is -1.78. The number of ether oxygens (including phenoxy) is 1. The fraction of sp³-hybridized carbons (Fsp3) is 0.353. The molecule has 1 aromatic heterocycles. The van der Waals surface area contributed by atoms with E-state index in [4.69, 9.17) is 16.3 Å². The average Bonchev–Trinajstić information content (AvgIpc) is 2.92. The van der Waals surface area contributed by atoms with Gasteiger partial charge < -0.3 is 14.2 Å². The van der Waals surface area contributed by atoms with Gasteiger partial charge in [-0.05, 0) is 42.8 Å². The van der Waals surface area contributed by atoms with Crippen LogP contribution in [-0.4, -0.2) is 35.6 Å². The smallest absolute Gasteiger partial charge is 0.254 e. The van der Waals surface area contributed by atoms with Crippen molar-refractivity contribution >= 4 is 17.5 Å². The zero-order valence-corrected chi connectivity index (χ0v) is 13.7. The molecule has 0 aliphatic carbocycles. The summed E-state index contributed by atoms with van der Waals surface area (Å²) in [5.41, 5.74) is 1.75. The molecule has 1 heterocycles. The summed E-state index contributed by atoms with van der Waals surface area (Å²) in [6, 6.07) is 11.0. The van der Waals surface area contributed by atoms with Crippen LogP contribution in [0, 0.1) is 0 Å². The van der Waals surface area contributed by atoms with Gasteiger partial charge in [-0.25, -0.2) is 0 Å². The third kappa shape index (κ3) is 4.36. The van der Waals surface area contributed by atoms with E-state index < -0.39 is 0 Å². The van der Waals surface area contributed by atoms with E-state index in [9.17, 15) is 4.79 Å². The van der Waals surface area contributed by atoms with Gasteiger partial charge in [0.1, 0.15) is 0 Å². The molecule has 0 saturated heterocycles. The first kappa shape index (κ1) is 16.6. The molecule has 0 aliphatic heterocycles.